The molecule has 184 valence electrons. The fourth-order valence-electron chi connectivity index (χ4n) is 8.84. The van der Waals surface area contributed by atoms with E-state index in [1.807, 2.05) is 36.2 Å². The molecule has 0 radical (unpaired) electrons. The van der Waals surface area contributed by atoms with Crippen molar-refractivity contribution < 1.29 is 14.3 Å². The zero-order chi connectivity index (χ0) is 24.3. The van der Waals surface area contributed by atoms with E-state index in [1.165, 1.54) is 37.7 Å². The first-order valence-corrected chi connectivity index (χ1v) is 13.1. The highest BCUT2D eigenvalue weighted by atomic mass is 16.5. The van der Waals surface area contributed by atoms with Gasteiger partial charge in [0, 0.05) is 18.5 Å². The number of nitrogens with zero attached hydrogens (tertiary/aromatic N) is 1. The van der Waals surface area contributed by atoms with Crippen LogP contribution in [0, 0.1) is 34.5 Å². The molecule has 34 heavy (non-hydrogen) atoms. The van der Waals surface area contributed by atoms with Gasteiger partial charge in [0.15, 0.2) is 0 Å². The van der Waals surface area contributed by atoms with Crippen molar-refractivity contribution in [3.8, 4) is 11.5 Å². The summed E-state index contributed by atoms with van der Waals surface area (Å²) in [6, 6.07) is 6.38. The first-order chi connectivity index (χ1) is 16.2. The standard InChI is InChI=1S/C30H41NO3/c1-19(18-21-25(33-5)8-7-9-26(21)34-6)22-11-12-23-20-10-13-27-30(3,17-15-28(32)31(27)4)24(20)14-16-29(22,23)2/h7-9,15,17-18,20,22-24,27H,10-14,16H2,1-6H3/t20-,22+,23-,24-,27?,29+,30+/m0/s1. The third kappa shape index (κ3) is 3.35. The number of rotatable bonds is 4. The molecule has 1 aliphatic heterocycles. The molecule has 0 bridgehead atoms. The first kappa shape index (κ1) is 23.5. The van der Waals surface area contributed by atoms with Crippen LogP contribution in [0.3, 0.4) is 0 Å². The third-order valence-electron chi connectivity index (χ3n) is 10.5. The maximum Gasteiger partial charge on any atom is 0.246 e. The van der Waals surface area contributed by atoms with Crippen molar-refractivity contribution in [1.29, 1.82) is 0 Å². The maximum absolute atomic E-state index is 12.4. The number of carbonyl (C=O) groups is 1. The molecule has 1 aromatic carbocycles. The predicted octanol–water partition coefficient (Wildman–Crippen LogP) is 6.36. The van der Waals surface area contributed by atoms with E-state index in [0.717, 1.165) is 35.3 Å². The largest absolute Gasteiger partial charge is 0.496 e. The number of ether oxygens (including phenoxy) is 2. The Morgan fingerprint density at radius 1 is 1.03 bits per heavy atom. The smallest absolute Gasteiger partial charge is 0.246 e. The van der Waals surface area contributed by atoms with Crippen LogP contribution >= 0.6 is 0 Å². The van der Waals surface area contributed by atoms with Crippen LogP contribution in [0.25, 0.3) is 6.08 Å². The van der Waals surface area contributed by atoms with Gasteiger partial charge in [0.1, 0.15) is 11.5 Å². The number of methoxy groups -OCH3 is 2. The van der Waals surface area contributed by atoms with Crippen molar-refractivity contribution in [3.05, 3.63) is 41.5 Å². The second kappa shape index (κ2) is 8.46. The summed E-state index contributed by atoms with van der Waals surface area (Å²) in [5.41, 5.74) is 2.95. The van der Waals surface area contributed by atoms with Gasteiger partial charge in [-0.15, -0.1) is 0 Å². The number of fused-ring (bicyclic) bond motifs is 5. The van der Waals surface area contributed by atoms with Crippen LogP contribution in [0.4, 0.5) is 0 Å². The van der Waals surface area contributed by atoms with Gasteiger partial charge in [-0.1, -0.05) is 31.6 Å². The molecule has 4 aliphatic rings. The topological polar surface area (TPSA) is 38.8 Å². The summed E-state index contributed by atoms with van der Waals surface area (Å²) in [4.78, 5) is 14.4. The molecule has 1 amide bonds. The quantitative estimate of drug-likeness (QED) is 0.521. The third-order valence-corrected chi connectivity index (χ3v) is 10.5. The Kier molecular flexibility index (Phi) is 5.85. The Hall–Kier alpha value is -2.23. The summed E-state index contributed by atoms with van der Waals surface area (Å²) in [5.74, 6) is 4.69. The lowest BCUT2D eigenvalue weighted by Gasteiger charge is -2.60. The summed E-state index contributed by atoms with van der Waals surface area (Å²) in [6.45, 7) is 7.32. The lowest BCUT2D eigenvalue weighted by atomic mass is 9.47. The van der Waals surface area contributed by atoms with Crippen LogP contribution < -0.4 is 9.47 Å². The highest BCUT2D eigenvalue weighted by Gasteiger charge is 2.60. The predicted molar refractivity (Wildman–Crippen MR) is 137 cm³/mol. The number of likely N-dealkylation sites (N-methyl/N-ethyl adjacent to an activating group) is 1. The minimum absolute atomic E-state index is 0.112. The second-order valence-electron chi connectivity index (χ2n) is 11.8. The van der Waals surface area contributed by atoms with Crippen molar-refractivity contribution in [2.24, 2.45) is 34.5 Å². The van der Waals surface area contributed by atoms with Crippen LogP contribution in [0.15, 0.2) is 35.9 Å². The van der Waals surface area contributed by atoms with Gasteiger partial charge in [0.05, 0.1) is 19.8 Å². The van der Waals surface area contributed by atoms with E-state index in [2.05, 4.69) is 32.9 Å². The number of benzene rings is 1. The average molecular weight is 464 g/mol. The second-order valence-corrected chi connectivity index (χ2v) is 11.8. The minimum atomic E-state index is 0.112. The van der Waals surface area contributed by atoms with E-state index in [-0.39, 0.29) is 11.3 Å². The fourth-order valence-corrected chi connectivity index (χ4v) is 8.84. The molecular formula is C30H41NO3. The first-order valence-electron chi connectivity index (χ1n) is 13.1. The lowest BCUT2D eigenvalue weighted by Crippen LogP contribution is -2.59. The molecule has 4 nitrogen and oxygen atoms in total. The van der Waals surface area contributed by atoms with E-state index < -0.39 is 0 Å². The molecule has 5 rings (SSSR count). The Labute approximate surface area is 205 Å². The molecular weight excluding hydrogens is 422 g/mol. The Morgan fingerprint density at radius 3 is 2.41 bits per heavy atom. The molecule has 1 aromatic rings. The summed E-state index contributed by atoms with van der Waals surface area (Å²) >= 11 is 0. The molecule has 0 spiro atoms. The van der Waals surface area contributed by atoms with Crippen LogP contribution in [0.5, 0.6) is 11.5 Å². The number of hydrogen-bond acceptors (Lipinski definition) is 3. The average Bonchev–Trinajstić information content (AvgIpc) is 3.19. The molecule has 3 aliphatic carbocycles. The molecule has 0 N–H and O–H groups in total. The molecule has 1 unspecified atom stereocenters. The Balaban J connectivity index is 1.44. The number of amides is 1. The zero-order valence-corrected chi connectivity index (χ0v) is 21.8. The number of carbonyl (C=O) groups excluding carboxylic acids is 1. The van der Waals surface area contributed by atoms with Crippen molar-refractivity contribution in [2.45, 2.75) is 65.3 Å². The lowest BCUT2D eigenvalue weighted by molar-refractivity contribution is -0.138. The maximum atomic E-state index is 12.4. The zero-order valence-electron chi connectivity index (χ0n) is 21.8. The molecule has 4 heteroatoms. The van der Waals surface area contributed by atoms with E-state index >= 15 is 0 Å². The SMILES string of the molecule is COc1cccc(OC)c1C=C(C)[C@H]1CC[C@H]2[C@@H]3CCC4N(C)C(=O)C=C[C@]4(C)[C@H]3CC[C@]12C. The number of allylic oxidation sites excluding steroid dienone is 1. The summed E-state index contributed by atoms with van der Waals surface area (Å²) in [6.07, 6.45) is 14.0. The summed E-state index contributed by atoms with van der Waals surface area (Å²) in [5, 5.41) is 0. The fraction of sp³-hybridized carbons (Fsp3) is 0.633. The van der Waals surface area contributed by atoms with Gasteiger partial charge < -0.3 is 14.4 Å². The van der Waals surface area contributed by atoms with Crippen LogP contribution in [-0.2, 0) is 4.79 Å². The Morgan fingerprint density at radius 2 is 1.74 bits per heavy atom. The normalized spacial score (nSPS) is 39.4. The van der Waals surface area contributed by atoms with Gasteiger partial charge in [-0.25, -0.2) is 0 Å². The monoisotopic (exact) mass is 463 g/mol. The van der Waals surface area contributed by atoms with Gasteiger partial charge in [0.25, 0.3) is 0 Å². The summed E-state index contributed by atoms with van der Waals surface area (Å²) < 4.78 is 11.3. The van der Waals surface area contributed by atoms with Crippen molar-refractivity contribution in [2.75, 3.05) is 21.3 Å². The van der Waals surface area contributed by atoms with Gasteiger partial charge in [-0.3, -0.25) is 4.79 Å². The molecule has 3 saturated carbocycles. The van der Waals surface area contributed by atoms with E-state index in [9.17, 15) is 4.79 Å². The van der Waals surface area contributed by atoms with Crippen LogP contribution in [0.1, 0.15) is 64.9 Å². The van der Waals surface area contributed by atoms with Gasteiger partial charge >= 0.3 is 0 Å². The van der Waals surface area contributed by atoms with Crippen molar-refractivity contribution >= 4 is 12.0 Å². The Bertz CT molecular complexity index is 1010. The molecule has 3 fully saturated rings. The van der Waals surface area contributed by atoms with E-state index in [1.54, 1.807) is 14.2 Å². The summed E-state index contributed by atoms with van der Waals surface area (Å²) in [7, 11) is 5.47. The highest BCUT2D eigenvalue weighted by Crippen LogP contribution is 2.66. The van der Waals surface area contributed by atoms with Crippen LogP contribution in [0.2, 0.25) is 0 Å². The molecule has 0 saturated heterocycles. The molecule has 1 heterocycles. The van der Waals surface area contributed by atoms with Gasteiger partial charge in [0.2, 0.25) is 5.91 Å². The minimum Gasteiger partial charge on any atom is -0.496 e. The van der Waals surface area contributed by atoms with Crippen molar-refractivity contribution in [3.63, 3.8) is 0 Å². The van der Waals surface area contributed by atoms with Crippen LogP contribution in [-0.4, -0.2) is 38.1 Å². The van der Waals surface area contributed by atoms with Gasteiger partial charge in [-0.05, 0) is 98.8 Å². The van der Waals surface area contributed by atoms with E-state index in [4.69, 9.17) is 9.47 Å². The molecule has 0 aromatic heterocycles. The van der Waals surface area contributed by atoms with Crippen molar-refractivity contribution in [1.82, 2.24) is 4.90 Å². The van der Waals surface area contributed by atoms with Gasteiger partial charge in [-0.2, -0.15) is 0 Å². The number of hydrogen-bond donors (Lipinski definition) is 0. The highest BCUT2D eigenvalue weighted by molar-refractivity contribution is 5.89. The molecule has 7 atom stereocenters. The van der Waals surface area contributed by atoms with E-state index in [0.29, 0.717) is 23.3 Å².